The van der Waals surface area contributed by atoms with Gasteiger partial charge in [-0.15, -0.1) is 0 Å². The second-order valence-corrected chi connectivity index (χ2v) is 4.54. The van der Waals surface area contributed by atoms with Gasteiger partial charge in [-0.3, -0.25) is 4.84 Å². The molecule has 2 aromatic rings. The second-order valence-electron chi connectivity index (χ2n) is 4.54. The van der Waals surface area contributed by atoms with E-state index in [9.17, 15) is 0 Å². The Bertz CT molecular complexity index is 491. The van der Waals surface area contributed by atoms with E-state index < -0.39 is 5.60 Å². The highest BCUT2D eigenvalue weighted by atomic mass is 16.6. The van der Waals surface area contributed by atoms with Gasteiger partial charge >= 0.3 is 0 Å². The molecule has 2 rings (SSSR count). The summed E-state index contributed by atoms with van der Waals surface area (Å²) < 4.78 is 0. The molecule has 0 saturated carbocycles. The highest BCUT2D eigenvalue weighted by Gasteiger charge is 2.23. The number of hydrogen-bond acceptors (Lipinski definition) is 2. The lowest BCUT2D eigenvalue weighted by Gasteiger charge is -2.25. The van der Waals surface area contributed by atoms with Gasteiger partial charge < -0.3 is 0 Å². The maximum Gasteiger partial charge on any atom is 0.109 e. The third kappa shape index (κ3) is 2.38. The van der Waals surface area contributed by atoms with Crippen LogP contribution in [-0.4, -0.2) is 0 Å². The monoisotopic (exact) mass is 227 g/mol. The first-order chi connectivity index (χ1) is 8.15. The third-order valence-electron chi connectivity index (χ3n) is 2.96. The second kappa shape index (κ2) is 4.70. The van der Waals surface area contributed by atoms with Crippen molar-refractivity contribution in [3.05, 3.63) is 60.2 Å². The Kier molecular flexibility index (Phi) is 3.27. The molecule has 0 bridgehead atoms. The predicted octanol–water partition coefficient (Wildman–Crippen LogP) is 3.48. The molecular formula is C15H17NO. The molecule has 2 heteroatoms. The van der Waals surface area contributed by atoms with Gasteiger partial charge in [0.2, 0.25) is 0 Å². The van der Waals surface area contributed by atoms with E-state index in [4.69, 9.17) is 10.7 Å². The number of hydrogen-bond donors (Lipinski definition) is 1. The summed E-state index contributed by atoms with van der Waals surface area (Å²) in [6.07, 6.45) is 0. The van der Waals surface area contributed by atoms with E-state index in [0.29, 0.717) is 0 Å². The van der Waals surface area contributed by atoms with Crippen molar-refractivity contribution in [2.45, 2.75) is 19.4 Å². The van der Waals surface area contributed by atoms with E-state index in [1.165, 1.54) is 5.56 Å². The van der Waals surface area contributed by atoms with Gasteiger partial charge in [0, 0.05) is 0 Å². The predicted molar refractivity (Wildman–Crippen MR) is 70.2 cm³/mol. The van der Waals surface area contributed by atoms with Crippen molar-refractivity contribution in [1.29, 1.82) is 0 Å². The summed E-state index contributed by atoms with van der Waals surface area (Å²) in [4.78, 5) is 5.09. The summed E-state index contributed by atoms with van der Waals surface area (Å²) in [5.41, 5.74) is 2.93. The van der Waals surface area contributed by atoms with Crippen LogP contribution in [0, 0.1) is 0 Å². The molecule has 88 valence electrons. The van der Waals surface area contributed by atoms with Gasteiger partial charge in [-0.1, -0.05) is 54.6 Å². The van der Waals surface area contributed by atoms with E-state index in [2.05, 4.69) is 24.3 Å². The minimum Gasteiger partial charge on any atom is -0.294 e. The van der Waals surface area contributed by atoms with Crippen molar-refractivity contribution in [2.75, 3.05) is 0 Å². The van der Waals surface area contributed by atoms with Crippen LogP contribution in [-0.2, 0) is 10.4 Å². The van der Waals surface area contributed by atoms with Crippen molar-refractivity contribution < 1.29 is 4.84 Å². The van der Waals surface area contributed by atoms with Crippen molar-refractivity contribution in [1.82, 2.24) is 0 Å². The summed E-state index contributed by atoms with van der Waals surface area (Å²) in [6, 6.07) is 18.4. The maximum absolute atomic E-state index is 5.39. The molecule has 0 aromatic heterocycles. The van der Waals surface area contributed by atoms with Crippen LogP contribution in [0.15, 0.2) is 54.6 Å². The van der Waals surface area contributed by atoms with Crippen LogP contribution in [0.3, 0.4) is 0 Å². The Morgan fingerprint density at radius 3 is 2.12 bits per heavy atom. The molecule has 0 aliphatic rings. The van der Waals surface area contributed by atoms with Crippen molar-refractivity contribution in [3.63, 3.8) is 0 Å². The van der Waals surface area contributed by atoms with E-state index in [0.717, 1.165) is 11.1 Å². The van der Waals surface area contributed by atoms with E-state index in [1.807, 2.05) is 44.2 Å². The zero-order valence-corrected chi connectivity index (χ0v) is 10.2. The first-order valence-corrected chi connectivity index (χ1v) is 5.68. The van der Waals surface area contributed by atoms with Crippen molar-refractivity contribution >= 4 is 0 Å². The Labute approximate surface area is 102 Å². The zero-order valence-electron chi connectivity index (χ0n) is 10.2. The van der Waals surface area contributed by atoms with Gasteiger partial charge in [-0.25, -0.2) is 5.90 Å². The molecule has 17 heavy (non-hydrogen) atoms. The van der Waals surface area contributed by atoms with Crippen LogP contribution < -0.4 is 5.90 Å². The molecule has 0 fully saturated rings. The fourth-order valence-corrected chi connectivity index (χ4v) is 1.94. The van der Waals surface area contributed by atoms with Crippen LogP contribution >= 0.6 is 0 Å². The van der Waals surface area contributed by atoms with E-state index in [1.54, 1.807) is 0 Å². The normalized spacial score (nSPS) is 11.5. The van der Waals surface area contributed by atoms with Gasteiger partial charge in [-0.05, 0) is 30.5 Å². The van der Waals surface area contributed by atoms with Gasteiger partial charge in [0.05, 0.1) is 0 Å². The average molecular weight is 227 g/mol. The highest BCUT2D eigenvalue weighted by molar-refractivity contribution is 5.68. The Balaban J connectivity index is 2.56. The van der Waals surface area contributed by atoms with Crippen LogP contribution in [0.4, 0.5) is 0 Å². The average Bonchev–Trinajstić information content (AvgIpc) is 2.40. The first-order valence-electron chi connectivity index (χ1n) is 5.68. The zero-order chi connectivity index (χ0) is 12.3. The van der Waals surface area contributed by atoms with Gasteiger partial charge in [0.1, 0.15) is 5.60 Å². The summed E-state index contributed by atoms with van der Waals surface area (Å²) in [5.74, 6) is 5.39. The van der Waals surface area contributed by atoms with E-state index >= 15 is 0 Å². The van der Waals surface area contributed by atoms with E-state index in [-0.39, 0.29) is 0 Å². The van der Waals surface area contributed by atoms with Crippen LogP contribution in [0.2, 0.25) is 0 Å². The maximum atomic E-state index is 5.39. The van der Waals surface area contributed by atoms with Crippen LogP contribution in [0.25, 0.3) is 11.1 Å². The summed E-state index contributed by atoms with van der Waals surface area (Å²) >= 11 is 0. The third-order valence-corrected chi connectivity index (χ3v) is 2.96. The highest BCUT2D eigenvalue weighted by Crippen LogP contribution is 2.32. The molecular weight excluding hydrogens is 210 g/mol. The Morgan fingerprint density at radius 1 is 0.882 bits per heavy atom. The Hall–Kier alpha value is -1.64. The standard InChI is InChI=1S/C15H17NO/c1-15(2,17-16)14-11-7-6-10-13(14)12-8-4-3-5-9-12/h3-11H,16H2,1-2H3. The minimum atomic E-state index is -0.494. The Morgan fingerprint density at radius 2 is 1.47 bits per heavy atom. The number of nitrogens with two attached hydrogens (primary N) is 1. The fraction of sp³-hybridized carbons (Fsp3) is 0.200. The molecule has 0 unspecified atom stereocenters. The molecule has 0 atom stereocenters. The number of rotatable bonds is 3. The minimum absolute atomic E-state index is 0.494. The molecule has 0 aliphatic carbocycles. The molecule has 0 heterocycles. The largest absolute Gasteiger partial charge is 0.294 e. The van der Waals surface area contributed by atoms with Crippen molar-refractivity contribution in [3.8, 4) is 11.1 Å². The molecule has 0 aliphatic heterocycles. The van der Waals surface area contributed by atoms with Crippen molar-refractivity contribution in [2.24, 2.45) is 5.90 Å². The SMILES string of the molecule is CC(C)(ON)c1ccccc1-c1ccccc1. The lowest BCUT2D eigenvalue weighted by molar-refractivity contribution is -0.0231. The molecule has 2 nitrogen and oxygen atoms in total. The summed E-state index contributed by atoms with van der Waals surface area (Å²) in [7, 11) is 0. The summed E-state index contributed by atoms with van der Waals surface area (Å²) in [6.45, 7) is 3.93. The van der Waals surface area contributed by atoms with Crippen LogP contribution in [0.5, 0.6) is 0 Å². The molecule has 2 aromatic carbocycles. The van der Waals surface area contributed by atoms with Gasteiger partial charge in [0.25, 0.3) is 0 Å². The smallest absolute Gasteiger partial charge is 0.109 e. The van der Waals surface area contributed by atoms with Gasteiger partial charge in [0.15, 0.2) is 0 Å². The fourth-order valence-electron chi connectivity index (χ4n) is 1.94. The lowest BCUT2D eigenvalue weighted by Crippen LogP contribution is -2.26. The summed E-state index contributed by atoms with van der Waals surface area (Å²) in [5, 5.41) is 0. The van der Waals surface area contributed by atoms with Crippen LogP contribution in [0.1, 0.15) is 19.4 Å². The molecule has 0 spiro atoms. The molecule has 2 N–H and O–H groups in total. The molecule has 0 amide bonds. The topological polar surface area (TPSA) is 35.2 Å². The lowest BCUT2D eigenvalue weighted by atomic mass is 9.89. The molecule has 0 saturated heterocycles. The molecule has 0 radical (unpaired) electrons. The number of benzene rings is 2. The first kappa shape index (κ1) is 11.8. The quantitative estimate of drug-likeness (QED) is 0.815. The van der Waals surface area contributed by atoms with Gasteiger partial charge in [-0.2, -0.15) is 0 Å².